The normalized spacial score (nSPS) is 20.0. The number of nitrogens with zero attached hydrogens (tertiary/aromatic N) is 2. The van der Waals surface area contributed by atoms with Crippen LogP contribution in [0.2, 0.25) is 0 Å². The number of rotatable bonds is 3. The van der Waals surface area contributed by atoms with Crippen molar-refractivity contribution in [3.05, 3.63) is 29.6 Å². The quantitative estimate of drug-likeness (QED) is 0.855. The second-order valence-electron chi connectivity index (χ2n) is 5.49. The molecule has 1 fully saturated rings. The fourth-order valence-electron chi connectivity index (χ4n) is 2.70. The zero-order chi connectivity index (χ0) is 17.1. The fourth-order valence-corrected chi connectivity index (χ4v) is 2.70. The predicted molar refractivity (Wildman–Crippen MR) is 79.7 cm³/mol. The molecule has 1 saturated heterocycles. The molecule has 6 nitrogen and oxygen atoms in total. The molecule has 1 aliphatic heterocycles. The van der Waals surface area contributed by atoms with Crippen molar-refractivity contribution in [2.75, 3.05) is 11.9 Å². The lowest BCUT2D eigenvalue weighted by molar-refractivity contribution is -0.144. The largest absolute Gasteiger partial charge is 0.333 e. The Morgan fingerprint density at radius 3 is 2.70 bits per heavy atom. The maximum atomic E-state index is 13.3. The van der Waals surface area contributed by atoms with Gasteiger partial charge in [-0.3, -0.25) is 14.4 Å². The van der Waals surface area contributed by atoms with E-state index in [1.165, 1.54) is 24.0 Å². The van der Waals surface area contributed by atoms with Gasteiger partial charge in [0.2, 0.25) is 11.7 Å². The van der Waals surface area contributed by atoms with E-state index >= 15 is 0 Å². The minimum absolute atomic E-state index is 0.157. The number of halogens is 1. The monoisotopic (exact) mass is 317 g/mol. The molecule has 2 rings (SSSR count). The topological polar surface area (TPSA) is 90.3 Å². The molecule has 1 heterocycles. The molecule has 0 aliphatic carbocycles. The Kier molecular flexibility index (Phi) is 4.74. The number of amides is 2. The molecular weight excluding hydrogens is 301 g/mol. The molecule has 2 amide bonds. The molecule has 7 heteroatoms. The number of benzene rings is 1. The fraction of sp³-hybridized carbons (Fsp3) is 0.375. The van der Waals surface area contributed by atoms with Crippen molar-refractivity contribution in [3.8, 4) is 6.07 Å². The second kappa shape index (κ2) is 6.57. The van der Waals surface area contributed by atoms with Crippen molar-refractivity contribution in [2.45, 2.75) is 26.3 Å². The van der Waals surface area contributed by atoms with E-state index in [2.05, 4.69) is 5.32 Å². The highest BCUT2D eigenvalue weighted by molar-refractivity contribution is 6.35. The molecule has 1 aromatic rings. The van der Waals surface area contributed by atoms with Crippen LogP contribution in [0.15, 0.2) is 18.2 Å². The molecule has 0 radical (unpaired) electrons. The molecule has 120 valence electrons. The van der Waals surface area contributed by atoms with Gasteiger partial charge in [0.05, 0.1) is 11.5 Å². The van der Waals surface area contributed by atoms with Crippen molar-refractivity contribution in [1.82, 2.24) is 4.90 Å². The average molecular weight is 317 g/mol. The molecule has 23 heavy (non-hydrogen) atoms. The van der Waals surface area contributed by atoms with Gasteiger partial charge in [-0.25, -0.2) is 4.39 Å². The van der Waals surface area contributed by atoms with Gasteiger partial charge in [0.1, 0.15) is 11.9 Å². The van der Waals surface area contributed by atoms with Gasteiger partial charge in [-0.2, -0.15) is 5.26 Å². The minimum Gasteiger partial charge on any atom is -0.333 e. The maximum absolute atomic E-state index is 13.3. The van der Waals surface area contributed by atoms with Crippen LogP contribution in [0.5, 0.6) is 0 Å². The van der Waals surface area contributed by atoms with Crippen molar-refractivity contribution < 1.29 is 18.8 Å². The highest BCUT2D eigenvalue weighted by Crippen LogP contribution is 2.26. The Morgan fingerprint density at radius 1 is 1.39 bits per heavy atom. The highest BCUT2D eigenvalue weighted by atomic mass is 19.1. The summed E-state index contributed by atoms with van der Waals surface area (Å²) >= 11 is 0. The zero-order valence-corrected chi connectivity index (χ0v) is 12.8. The van der Waals surface area contributed by atoms with Crippen LogP contribution in [0, 0.1) is 23.1 Å². The zero-order valence-electron chi connectivity index (χ0n) is 12.8. The molecule has 0 bridgehead atoms. The summed E-state index contributed by atoms with van der Waals surface area (Å²) in [6, 6.07) is 5.04. The Hall–Kier alpha value is -2.75. The van der Waals surface area contributed by atoms with E-state index in [1.807, 2.05) is 0 Å². The van der Waals surface area contributed by atoms with Gasteiger partial charge in [0, 0.05) is 25.2 Å². The minimum atomic E-state index is -0.655. The first-order chi connectivity index (χ1) is 10.8. The number of hydrogen-bond donors (Lipinski definition) is 1. The van der Waals surface area contributed by atoms with Crippen molar-refractivity contribution >= 4 is 23.3 Å². The van der Waals surface area contributed by atoms with Crippen LogP contribution in [0.1, 0.15) is 25.8 Å². The number of Topliss-reactive ketones (excluding diaryl/α,β-unsaturated/α-hetero) is 1. The Morgan fingerprint density at radius 2 is 2.09 bits per heavy atom. The third-order valence-corrected chi connectivity index (χ3v) is 4.01. The van der Waals surface area contributed by atoms with E-state index < -0.39 is 29.5 Å². The van der Waals surface area contributed by atoms with Crippen LogP contribution < -0.4 is 5.32 Å². The van der Waals surface area contributed by atoms with Gasteiger partial charge in [-0.1, -0.05) is 0 Å². The lowest BCUT2D eigenvalue weighted by Crippen LogP contribution is -2.41. The Labute approximate surface area is 132 Å². The van der Waals surface area contributed by atoms with Crippen LogP contribution in [0.4, 0.5) is 10.1 Å². The lowest BCUT2D eigenvalue weighted by atomic mass is 10.0. The van der Waals surface area contributed by atoms with Crippen molar-refractivity contribution in [3.63, 3.8) is 0 Å². The number of anilines is 1. The predicted octanol–water partition coefficient (Wildman–Crippen LogP) is 1.46. The summed E-state index contributed by atoms with van der Waals surface area (Å²) in [5.41, 5.74) is 0.159. The van der Waals surface area contributed by atoms with Crippen LogP contribution >= 0.6 is 0 Å². The smallest absolute Gasteiger partial charge is 0.289 e. The van der Waals surface area contributed by atoms with E-state index in [-0.39, 0.29) is 11.5 Å². The Balaban J connectivity index is 2.09. The van der Waals surface area contributed by atoms with E-state index in [9.17, 15) is 18.8 Å². The van der Waals surface area contributed by atoms with E-state index in [0.717, 1.165) is 6.07 Å². The van der Waals surface area contributed by atoms with Gasteiger partial charge in [0.15, 0.2) is 0 Å². The van der Waals surface area contributed by atoms with Gasteiger partial charge in [-0.15, -0.1) is 0 Å². The number of nitrogens with one attached hydrogen (secondary N) is 1. The molecule has 1 aromatic carbocycles. The number of carbonyl (C=O) groups excluding carboxylic acids is 3. The summed E-state index contributed by atoms with van der Waals surface area (Å²) in [5.74, 6) is -2.60. The highest BCUT2D eigenvalue weighted by Gasteiger charge is 2.39. The third-order valence-electron chi connectivity index (χ3n) is 4.01. The van der Waals surface area contributed by atoms with Crippen LogP contribution in [-0.4, -0.2) is 35.1 Å². The first-order valence-electron chi connectivity index (χ1n) is 7.17. The first kappa shape index (κ1) is 16.6. The number of carbonyl (C=O) groups is 3. The number of ketones is 1. The molecule has 1 N–H and O–H groups in total. The number of hydrogen-bond acceptors (Lipinski definition) is 4. The first-order valence-corrected chi connectivity index (χ1v) is 7.17. The van der Waals surface area contributed by atoms with Gasteiger partial charge in [-0.05, 0) is 31.5 Å². The molecule has 0 spiro atoms. The second-order valence-corrected chi connectivity index (χ2v) is 5.49. The maximum Gasteiger partial charge on any atom is 0.289 e. The van der Waals surface area contributed by atoms with Crippen molar-refractivity contribution in [2.24, 2.45) is 5.92 Å². The summed E-state index contributed by atoms with van der Waals surface area (Å²) in [6.45, 7) is 3.25. The van der Waals surface area contributed by atoms with Crippen molar-refractivity contribution in [1.29, 1.82) is 5.26 Å². The van der Waals surface area contributed by atoms with E-state index in [4.69, 9.17) is 5.26 Å². The summed E-state index contributed by atoms with van der Waals surface area (Å²) in [4.78, 5) is 36.7. The van der Waals surface area contributed by atoms with Crippen LogP contribution in [0.25, 0.3) is 0 Å². The SMILES string of the molecule is CC(=O)C(=O)N1CC[C@H](C(=O)Nc2ccc(F)c(C#N)c2)[C@@H]1C. The van der Waals surface area contributed by atoms with E-state index in [1.54, 1.807) is 13.0 Å². The summed E-state index contributed by atoms with van der Waals surface area (Å²) < 4.78 is 13.3. The standard InChI is InChI=1S/C16H16FN3O3/c1-9-13(5-6-20(9)16(23)10(2)21)15(22)19-12-3-4-14(17)11(7-12)8-18/h3-4,7,9,13H,5-6H2,1-2H3,(H,19,22)/t9-,13-/m0/s1. The summed E-state index contributed by atoms with van der Waals surface area (Å²) in [6.07, 6.45) is 0.443. The van der Waals surface area contributed by atoms with Gasteiger partial charge in [0.25, 0.3) is 5.91 Å². The van der Waals surface area contributed by atoms with Crippen LogP contribution in [-0.2, 0) is 14.4 Å². The van der Waals surface area contributed by atoms with E-state index in [0.29, 0.717) is 18.7 Å². The molecule has 0 unspecified atom stereocenters. The number of nitriles is 1. The third kappa shape index (κ3) is 3.37. The molecule has 1 aliphatic rings. The molecular formula is C16H16FN3O3. The molecule has 0 aromatic heterocycles. The van der Waals surface area contributed by atoms with Gasteiger partial charge < -0.3 is 10.2 Å². The van der Waals surface area contributed by atoms with Crippen LogP contribution in [0.3, 0.4) is 0 Å². The summed E-state index contributed by atoms with van der Waals surface area (Å²) in [7, 11) is 0. The molecule has 2 atom stereocenters. The number of likely N-dealkylation sites (tertiary alicyclic amines) is 1. The Bertz CT molecular complexity index is 711. The van der Waals surface area contributed by atoms with Gasteiger partial charge >= 0.3 is 0 Å². The average Bonchev–Trinajstić information content (AvgIpc) is 2.89. The molecule has 0 saturated carbocycles. The summed E-state index contributed by atoms with van der Waals surface area (Å²) in [5, 5.41) is 11.4. The lowest BCUT2D eigenvalue weighted by Gasteiger charge is -2.23.